The Balaban J connectivity index is 2.28. The molecule has 94 valence electrons. The first-order chi connectivity index (χ1) is 8.58. The molecule has 0 saturated heterocycles. The maximum absolute atomic E-state index is 10.8. The summed E-state index contributed by atoms with van der Waals surface area (Å²) in [7, 11) is 0. The maximum Gasteiger partial charge on any atom is 0.311 e. The number of nitro groups is 1. The number of nitrogens with one attached hydrogen (secondary N) is 2. The molecular weight excluding hydrogens is 262 g/mol. The van der Waals surface area contributed by atoms with Gasteiger partial charge in [0.25, 0.3) is 0 Å². The molecular formula is C8H8ClN7O2. The molecule has 0 amide bonds. The van der Waals surface area contributed by atoms with Crippen LogP contribution in [0.5, 0.6) is 0 Å². The van der Waals surface area contributed by atoms with Crippen LogP contribution in [-0.2, 0) is 0 Å². The maximum atomic E-state index is 10.8. The molecule has 0 aromatic carbocycles. The van der Waals surface area contributed by atoms with Crippen LogP contribution in [0.2, 0.25) is 5.15 Å². The van der Waals surface area contributed by atoms with E-state index < -0.39 is 11.0 Å². The summed E-state index contributed by atoms with van der Waals surface area (Å²) in [5.74, 6) is 0.427. The van der Waals surface area contributed by atoms with Crippen LogP contribution in [0.4, 0.5) is 11.5 Å². The number of nitrogens with zero attached hydrogens (tertiary/aromatic N) is 5. The van der Waals surface area contributed by atoms with Crippen molar-refractivity contribution in [1.29, 1.82) is 0 Å². The fourth-order valence-electron chi connectivity index (χ4n) is 1.30. The van der Waals surface area contributed by atoms with Gasteiger partial charge in [-0.2, -0.15) is 5.21 Å². The van der Waals surface area contributed by atoms with E-state index in [1.807, 2.05) is 0 Å². The zero-order valence-corrected chi connectivity index (χ0v) is 9.92. The molecule has 0 spiro atoms. The van der Waals surface area contributed by atoms with Crippen molar-refractivity contribution in [3.63, 3.8) is 0 Å². The predicted molar refractivity (Wildman–Crippen MR) is 62.1 cm³/mol. The average Bonchev–Trinajstić information content (AvgIpc) is 2.81. The molecule has 9 nitrogen and oxygen atoms in total. The highest BCUT2D eigenvalue weighted by molar-refractivity contribution is 6.29. The Hall–Kier alpha value is -2.29. The van der Waals surface area contributed by atoms with E-state index in [1.165, 1.54) is 12.1 Å². The van der Waals surface area contributed by atoms with Crippen LogP contribution in [0.1, 0.15) is 18.8 Å². The largest absolute Gasteiger partial charge is 0.354 e. The van der Waals surface area contributed by atoms with Gasteiger partial charge in [-0.3, -0.25) is 10.1 Å². The molecule has 0 aliphatic heterocycles. The van der Waals surface area contributed by atoms with Gasteiger partial charge in [-0.25, -0.2) is 4.98 Å². The monoisotopic (exact) mass is 269 g/mol. The number of hydrogen-bond donors (Lipinski definition) is 2. The summed E-state index contributed by atoms with van der Waals surface area (Å²) in [4.78, 5) is 14.2. The topological polar surface area (TPSA) is 123 Å². The molecule has 2 heterocycles. The van der Waals surface area contributed by atoms with Crippen molar-refractivity contribution in [2.45, 2.75) is 13.0 Å². The summed E-state index contributed by atoms with van der Waals surface area (Å²) in [6.07, 6.45) is 0. The molecule has 2 N–H and O–H groups in total. The van der Waals surface area contributed by atoms with Gasteiger partial charge in [-0.1, -0.05) is 16.8 Å². The number of rotatable bonds is 4. The van der Waals surface area contributed by atoms with E-state index in [1.54, 1.807) is 6.92 Å². The van der Waals surface area contributed by atoms with Crippen LogP contribution in [-0.4, -0.2) is 30.5 Å². The van der Waals surface area contributed by atoms with Gasteiger partial charge < -0.3 is 5.32 Å². The second-order valence-electron chi connectivity index (χ2n) is 3.39. The number of aromatic nitrogens is 5. The van der Waals surface area contributed by atoms with Crippen molar-refractivity contribution >= 4 is 23.1 Å². The Bertz CT molecular complexity index is 559. The van der Waals surface area contributed by atoms with E-state index in [2.05, 4.69) is 30.9 Å². The first-order valence-corrected chi connectivity index (χ1v) is 5.26. The minimum absolute atomic E-state index is 0.0600. The lowest BCUT2D eigenvalue weighted by atomic mass is 10.3. The zero-order chi connectivity index (χ0) is 13.1. The number of halogens is 1. The summed E-state index contributed by atoms with van der Waals surface area (Å²) in [5.41, 5.74) is -0.172. The summed E-state index contributed by atoms with van der Waals surface area (Å²) in [6.45, 7) is 1.72. The predicted octanol–water partition coefficient (Wildman–Crippen LogP) is 1.33. The fourth-order valence-corrected chi connectivity index (χ4v) is 1.45. The van der Waals surface area contributed by atoms with Gasteiger partial charge in [0.2, 0.25) is 5.82 Å². The third-order valence-electron chi connectivity index (χ3n) is 2.14. The number of aromatic amines is 1. The molecule has 2 aromatic heterocycles. The third kappa shape index (κ3) is 2.51. The smallest absolute Gasteiger partial charge is 0.311 e. The number of pyridine rings is 1. The highest BCUT2D eigenvalue weighted by atomic mass is 35.5. The Morgan fingerprint density at radius 3 is 2.94 bits per heavy atom. The molecule has 2 aromatic rings. The number of H-pyrrole nitrogens is 1. The third-order valence-corrected chi connectivity index (χ3v) is 2.35. The molecule has 0 aliphatic rings. The average molecular weight is 270 g/mol. The first kappa shape index (κ1) is 12.2. The van der Waals surface area contributed by atoms with Crippen LogP contribution >= 0.6 is 11.6 Å². The van der Waals surface area contributed by atoms with Crippen molar-refractivity contribution in [2.24, 2.45) is 0 Å². The van der Waals surface area contributed by atoms with E-state index >= 15 is 0 Å². The minimum Gasteiger partial charge on any atom is -0.354 e. The fraction of sp³-hybridized carbons (Fsp3) is 0.250. The Morgan fingerprint density at radius 2 is 2.33 bits per heavy atom. The number of hydrogen-bond acceptors (Lipinski definition) is 7. The number of tetrazole rings is 1. The minimum atomic E-state index is -0.547. The van der Waals surface area contributed by atoms with Crippen molar-refractivity contribution in [3.05, 3.63) is 33.2 Å². The lowest BCUT2D eigenvalue weighted by Gasteiger charge is -2.10. The molecule has 18 heavy (non-hydrogen) atoms. The van der Waals surface area contributed by atoms with Crippen LogP contribution < -0.4 is 5.32 Å². The van der Waals surface area contributed by atoms with Crippen molar-refractivity contribution < 1.29 is 4.92 Å². The summed E-state index contributed by atoms with van der Waals surface area (Å²) < 4.78 is 0. The highest BCUT2D eigenvalue weighted by Gasteiger charge is 2.19. The first-order valence-electron chi connectivity index (χ1n) is 4.88. The number of anilines is 1. The van der Waals surface area contributed by atoms with Crippen molar-refractivity contribution in [3.8, 4) is 0 Å². The summed E-state index contributed by atoms with van der Waals surface area (Å²) in [5, 5.41) is 27.0. The molecule has 1 unspecified atom stereocenters. The van der Waals surface area contributed by atoms with Gasteiger partial charge in [-0.15, -0.1) is 10.2 Å². The van der Waals surface area contributed by atoms with E-state index in [4.69, 9.17) is 11.6 Å². The lowest BCUT2D eigenvalue weighted by molar-refractivity contribution is -0.384. The van der Waals surface area contributed by atoms with Crippen LogP contribution in [0.3, 0.4) is 0 Å². The van der Waals surface area contributed by atoms with E-state index in [0.29, 0.717) is 5.82 Å². The molecule has 2 rings (SSSR count). The normalized spacial score (nSPS) is 12.1. The highest BCUT2D eigenvalue weighted by Crippen LogP contribution is 2.26. The van der Waals surface area contributed by atoms with E-state index in [0.717, 1.165) is 0 Å². The van der Waals surface area contributed by atoms with Gasteiger partial charge in [0.1, 0.15) is 5.15 Å². The lowest BCUT2D eigenvalue weighted by Crippen LogP contribution is -2.11. The molecule has 0 fully saturated rings. The second-order valence-corrected chi connectivity index (χ2v) is 3.78. The van der Waals surface area contributed by atoms with Crippen LogP contribution in [0, 0.1) is 10.1 Å². The quantitative estimate of drug-likeness (QED) is 0.487. The summed E-state index contributed by atoms with van der Waals surface area (Å²) >= 11 is 5.71. The van der Waals surface area contributed by atoms with Gasteiger partial charge in [0.15, 0.2) is 5.82 Å². The molecule has 0 saturated carbocycles. The van der Waals surface area contributed by atoms with Crippen molar-refractivity contribution in [1.82, 2.24) is 25.6 Å². The SMILES string of the molecule is CC(Nc1nc(Cl)ccc1[N+](=O)[O-])c1nn[nH]n1. The molecule has 0 radical (unpaired) electrons. The molecule has 0 aliphatic carbocycles. The second kappa shape index (κ2) is 4.92. The zero-order valence-electron chi connectivity index (χ0n) is 9.16. The van der Waals surface area contributed by atoms with Crippen LogP contribution in [0.15, 0.2) is 12.1 Å². The molecule has 10 heteroatoms. The van der Waals surface area contributed by atoms with E-state index in [-0.39, 0.29) is 16.7 Å². The van der Waals surface area contributed by atoms with Gasteiger partial charge in [0, 0.05) is 6.07 Å². The van der Waals surface area contributed by atoms with E-state index in [9.17, 15) is 10.1 Å². The molecule has 0 bridgehead atoms. The van der Waals surface area contributed by atoms with Crippen LogP contribution in [0.25, 0.3) is 0 Å². The Labute approximate surface area is 106 Å². The Morgan fingerprint density at radius 1 is 1.56 bits per heavy atom. The standard InChI is InChI=1S/C8H8ClN7O2/c1-4(7-12-14-15-13-7)10-8-5(16(17)18)2-3-6(9)11-8/h2-4H,1H3,(H,10,11)(H,12,13,14,15). The van der Waals surface area contributed by atoms with Crippen molar-refractivity contribution in [2.75, 3.05) is 5.32 Å². The summed E-state index contributed by atoms with van der Waals surface area (Å²) in [6, 6.07) is 2.23. The van der Waals surface area contributed by atoms with Gasteiger partial charge in [-0.05, 0) is 13.0 Å². The Kier molecular flexibility index (Phi) is 3.33. The van der Waals surface area contributed by atoms with Gasteiger partial charge >= 0.3 is 5.69 Å². The molecule has 1 atom stereocenters. The van der Waals surface area contributed by atoms with Gasteiger partial charge in [0.05, 0.1) is 11.0 Å².